The van der Waals surface area contributed by atoms with E-state index in [1.807, 2.05) is 11.0 Å². The number of hydrogen-bond donors (Lipinski definition) is 1. The third-order valence-corrected chi connectivity index (χ3v) is 4.93. The first-order valence-electron chi connectivity index (χ1n) is 8.80. The average Bonchev–Trinajstić information content (AvgIpc) is 3.33. The van der Waals surface area contributed by atoms with Crippen LogP contribution in [-0.4, -0.2) is 26.8 Å². The fourth-order valence-electron chi connectivity index (χ4n) is 3.46. The Bertz CT molecular complexity index is 727. The van der Waals surface area contributed by atoms with Gasteiger partial charge in [-0.15, -0.1) is 0 Å². The molecule has 24 heavy (non-hydrogen) atoms. The highest BCUT2D eigenvalue weighted by Gasteiger charge is 2.33. The van der Waals surface area contributed by atoms with Crippen molar-refractivity contribution >= 4 is 5.91 Å². The van der Waals surface area contributed by atoms with Gasteiger partial charge in [0.15, 0.2) is 0 Å². The molecule has 1 fully saturated rings. The Hall–Kier alpha value is -2.17. The molecule has 0 aliphatic heterocycles. The molecule has 1 saturated carbocycles. The number of halogens is 1. The maximum atomic E-state index is 13.9. The second-order valence-electron chi connectivity index (χ2n) is 6.84. The van der Waals surface area contributed by atoms with Crippen LogP contribution in [0.3, 0.4) is 0 Å². The number of nitrogens with one attached hydrogen (secondary N) is 1. The van der Waals surface area contributed by atoms with Gasteiger partial charge in [0.1, 0.15) is 11.6 Å². The summed E-state index contributed by atoms with van der Waals surface area (Å²) in [6.07, 6.45) is 6.68. The van der Waals surface area contributed by atoms with Crippen LogP contribution in [0.4, 0.5) is 4.39 Å². The van der Waals surface area contributed by atoms with E-state index >= 15 is 0 Å². The molecule has 0 unspecified atom stereocenters. The van der Waals surface area contributed by atoms with Crippen LogP contribution in [-0.2, 0) is 30.6 Å². The molecule has 4 nitrogen and oxygen atoms in total. The number of fused-ring (bicyclic) bond motifs is 1. The Morgan fingerprint density at radius 3 is 2.79 bits per heavy atom. The highest BCUT2D eigenvalue weighted by atomic mass is 19.1. The van der Waals surface area contributed by atoms with Gasteiger partial charge < -0.3 is 9.88 Å². The maximum absolute atomic E-state index is 13.9. The quantitative estimate of drug-likeness (QED) is 0.917. The van der Waals surface area contributed by atoms with Gasteiger partial charge in [0, 0.05) is 23.8 Å². The summed E-state index contributed by atoms with van der Waals surface area (Å²) in [6.45, 7) is 0.344. The van der Waals surface area contributed by atoms with Crippen molar-refractivity contribution in [2.75, 3.05) is 0 Å². The molecule has 0 saturated heterocycles. The molecule has 0 radical (unpaired) electrons. The fraction of sp³-hybridized carbons (Fsp3) is 0.474. The number of H-pyrrole nitrogens is 1. The third-order valence-electron chi connectivity index (χ3n) is 4.93. The number of aryl methyl sites for hydroxylation is 2. The number of aromatic amines is 1. The number of nitrogens with zero attached hydrogens (tertiary/aromatic N) is 2. The largest absolute Gasteiger partial charge is 0.345 e. The molecule has 2 aromatic rings. The van der Waals surface area contributed by atoms with Crippen LogP contribution >= 0.6 is 0 Å². The zero-order valence-corrected chi connectivity index (χ0v) is 13.7. The van der Waals surface area contributed by atoms with Gasteiger partial charge >= 0.3 is 0 Å². The molecule has 1 amide bonds. The molecule has 2 aliphatic carbocycles. The SMILES string of the molecule is O=C(Cc1nc2c([nH]1)CCCC2)N(Cc1ccccc1F)C1CC1. The van der Waals surface area contributed by atoms with E-state index in [2.05, 4.69) is 9.97 Å². The summed E-state index contributed by atoms with van der Waals surface area (Å²) >= 11 is 0. The van der Waals surface area contributed by atoms with Crippen molar-refractivity contribution in [2.45, 2.75) is 57.5 Å². The normalized spacial score (nSPS) is 16.7. The first-order chi connectivity index (χ1) is 11.7. The molecule has 2 aliphatic rings. The lowest BCUT2D eigenvalue weighted by molar-refractivity contribution is -0.131. The second-order valence-corrected chi connectivity index (χ2v) is 6.84. The van der Waals surface area contributed by atoms with Gasteiger partial charge in [0.2, 0.25) is 5.91 Å². The Kier molecular flexibility index (Phi) is 4.08. The lowest BCUT2D eigenvalue weighted by Crippen LogP contribution is -2.34. The smallest absolute Gasteiger partial charge is 0.230 e. The lowest BCUT2D eigenvalue weighted by Gasteiger charge is -2.22. The second kappa shape index (κ2) is 6.38. The summed E-state index contributed by atoms with van der Waals surface area (Å²) in [7, 11) is 0. The lowest BCUT2D eigenvalue weighted by atomic mass is 10.0. The predicted molar refractivity (Wildman–Crippen MR) is 88.9 cm³/mol. The van der Waals surface area contributed by atoms with E-state index in [-0.39, 0.29) is 24.2 Å². The minimum atomic E-state index is -0.246. The van der Waals surface area contributed by atoms with Crippen molar-refractivity contribution in [3.05, 3.63) is 52.9 Å². The molecule has 1 heterocycles. The molecule has 1 aromatic heterocycles. The fourth-order valence-corrected chi connectivity index (χ4v) is 3.46. The number of carbonyl (C=O) groups is 1. The standard InChI is InChI=1S/C19H22FN3O/c20-15-6-2-1-5-13(15)12-23(14-9-10-14)19(24)11-18-21-16-7-3-4-8-17(16)22-18/h1-2,5-6,14H,3-4,7-12H2,(H,21,22). The van der Waals surface area contributed by atoms with E-state index in [4.69, 9.17) is 0 Å². The molecule has 5 heteroatoms. The van der Waals surface area contributed by atoms with Gasteiger partial charge in [0.25, 0.3) is 0 Å². The Morgan fingerprint density at radius 2 is 2.04 bits per heavy atom. The molecule has 0 atom stereocenters. The van der Waals surface area contributed by atoms with Gasteiger partial charge in [-0.1, -0.05) is 18.2 Å². The van der Waals surface area contributed by atoms with Crippen LogP contribution in [0.5, 0.6) is 0 Å². The van der Waals surface area contributed by atoms with Crippen LogP contribution in [0.15, 0.2) is 24.3 Å². The zero-order valence-electron chi connectivity index (χ0n) is 13.7. The van der Waals surface area contributed by atoms with E-state index in [1.165, 1.54) is 24.6 Å². The van der Waals surface area contributed by atoms with Crippen molar-refractivity contribution in [3.63, 3.8) is 0 Å². The van der Waals surface area contributed by atoms with Crippen LogP contribution in [0, 0.1) is 5.82 Å². The van der Waals surface area contributed by atoms with Crippen molar-refractivity contribution in [1.82, 2.24) is 14.9 Å². The summed E-state index contributed by atoms with van der Waals surface area (Å²) in [6, 6.07) is 6.95. The number of carbonyl (C=O) groups excluding carboxylic acids is 1. The number of rotatable bonds is 5. The molecular formula is C19H22FN3O. The molecule has 0 spiro atoms. The van der Waals surface area contributed by atoms with E-state index < -0.39 is 0 Å². The predicted octanol–water partition coefficient (Wildman–Crippen LogP) is 3.16. The Labute approximate surface area is 141 Å². The Balaban J connectivity index is 1.48. The number of imidazole rings is 1. The molecule has 0 bridgehead atoms. The maximum Gasteiger partial charge on any atom is 0.230 e. The minimum absolute atomic E-state index is 0.0341. The Morgan fingerprint density at radius 1 is 1.25 bits per heavy atom. The highest BCUT2D eigenvalue weighted by molar-refractivity contribution is 5.78. The number of aromatic nitrogens is 2. The summed E-state index contributed by atoms with van der Waals surface area (Å²) in [5.74, 6) is 0.544. The number of benzene rings is 1. The summed E-state index contributed by atoms with van der Waals surface area (Å²) < 4.78 is 13.9. The van der Waals surface area contributed by atoms with Gasteiger partial charge in [0.05, 0.1) is 12.1 Å². The topological polar surface area (TPSA) is 49.0 Å². The van der Waals surface area contributed by atoms with E-state index in [0.29, 0.717) is 12.1 Å². The van der Waals surface area contributed by atoms with Gasteiger partial charge in [-0.2, -0.15) is 0 Å². The van der Waals surface area contributed by atoms with Crippen LogP contribution in [0.1, 0.15) is 48.5 Å². The first-order valence-corrected chi connectivity index (χ1v) is 8.80. The molecular weight excluding hydrogens is 305 g/mol. The molecule has 1 N–H and O–H groups in total. The minimum Gasteiger partial charge on any atom is -0.345 e. The number of hydrogen-bond acceptors (Lipinski definition) is 2. The van der Waals surface area contributed by atoms with Gasteiger partial charge in [-0.25, -0.2) is 9.37 Å². The van der Waals surface area contributed by atoms with Crippen LogP contribution in [0.2, 0.25) is 0 Å². The van der Waals surface area contributed by atoms with Crippen LogP contribution < -0.4 is 0 Å². The van der Waals surface area contributed by atoms with Gasteiger partial charge in [-0.3, -0.25) is 4.79 Å². The highest BCUT2D eigenvalue weighted by Crippen LogP contribution is 2.29. The summed E-state index contributed by atoms with van der Waals surface area (Å²) in [5.41, 5.74) is 2.89. The molecule has 4 rings (SSSR count). The molecule has 1 aromatic carbocycles. The average molecular weight is 327 g/mol. The summed E-state index contributed by atoms with van der Waals surface area (Å²) in [5, 5.41) is 0. The van der Waals surface area contributed by atoms with Crippen molar-refractivity contribution in [2.24, 2.45) is 0 Å². The zero-order chi connectivity index (χ0) is 16.5. The monoisotopic (exact) mass is 327 g/mol. The number of amides is 1. The van der Waals surface area contributed by atoms with Gasteiger partial charge in [-0.05, 0) is 44.6 Å². The summed E-state index contributed by atoms with van der Waals surface area (Å²) in [4.78, 5) is 22.5. The van der Waals surface area contributed by atoms with E-state index in [0.717, 1.165) is 37.2 Å². The molecule has 126 valence electrons. The van der Waals surface area contributed by atoms with Crippen molar-refractivity contribution in [3.8, 4) is 0 Å². The van der Waals surface area contributed by atoms with E-state index in [1.54, 1.807) is 12.1 Å². The third kappa shape index (κ3) is 3.21. The first kappa shape index (κ1) is 15.4. The van der Waals surface area contributed by atoms with Crippen molar-refractivity contribution in [1.29, 1.82) is 0 Å². The van der Waals surface area contributed by atoms with E-state index in [9.17, 15) is 9.18 Å². The van der Waals surface area contributed by atoms with Crippen LogP contribution in [0.25, 0.3) is 0 Å². The van der Waals surface area contributed by atoms with Crippen molar-refractivity contribution < 1.29 is 9.18 Å².